The fourth-order valence-electron chi connectivity index (χ4n) is 1.56. The first-order valence-corrected chi connectivity index (χ1v) is 5.23. The van der Waals surface area contributed by atoms with Crippen molar-refractivity contribution in [2.75, 3.05) is 6.61 Å². The lowest BCUT2D eigenvalue weighted by molar-refractivity contribution is -0.128. The van der Waals surface area contributed by atoms with Crippen LogP contribution in [0.4, 0.5) is 0 Å². The molecule has 0 saturated heterocycles. The van der Waals surface area contributed by atoms with E-state index in [1.54, 1.807) is 0 Å². The third-order valence-electron chi connectivity index (χ3n) is 2.58. The number of amides is 1. The van der Waals surface area contributed by atoms with Crippen LogP contribution >= 0.6 is 0 Å². The van der Waals surface area contributed by atoms with Crippen LogP contribution in [0.2, 0.25) is 0 Å². The van der Waals surface area contributed by atoms with E-state index in [-0.39, 0.29) is 30.0 Å². The van der Waals surface area contributed by atoms with Crippen molar-refractivity contribution < 1.29 is 9.53 Å². The van der Waals surface area contributed by atoms with Crippen LogP contribution < -0.4 is 11.1 Å². The lowest BCUT2D eigenvalue weighted by Gasteiger charge is -2.42. The average Bonchev–Trinajstić information content (AvgIpc) is 2.13. The van der Waals surface area contributed by atoms with Crippen molar-refractivity contribution in [2.24, 2.45) is 11.7 Å². The van der Waals surface area contributed by atoms with Gasteiger partial charge in [0.1, 0.15) is 0 Å². The third-order valence-corrected chi connectivity index (χ3v) is 2.58. The Kier molecular flexibility index (Phi) is 3.89. The fourth-order valence-corrected chi connectivity index (χ4v) is 1.56. The van der Waals surface area contributed by atoms with Crippen molar-refractivity contribution >= 4 is 5.91 Å². The third kappa shape index (κ3) is 2.45. The number of hydrogen-bond donors (Lipinski definition) is 2. The quantitative estimate of drug-likeness (QED) is 0.684. The van der Waals surface area contributed by atoms with Crippen LogP contribution in [0.1, 0.15) is 27.2 Å². The Labute approximate surface area is 85.2 Å². The molecule has 3 N–H and O–H groups in total. The summed E-state index contributed by atoms with van der Waals surface area (Å²) in [7, 11) is 0. The SMILES string of the molecule is CCOC1CC(N)C1NC(=O)C(C)C. The Balaban J connectivity index is 2.38. The number of carbonyl (C=O) groups excluding carboxylic acids is 1. The summed E-state index contributed by atoms with van der Waals surface area (Å²) in [6, 6.07) is 0.0547. The zero-order valence-electron chi connectivity index (χ0n) is 9.12. The minimum absolute atomic E-state index is 0.00449. The van der Waals surface area contributed by atoms with Crippen LogP contribution in [0.5, 0.6) is 0 Å². The molecule has 3 unspecified atom stereocenters. The highest BCUT2D eigenvalue weighted by Gasteiger charge is 2.40. The van der Waals surface area contributed by atoms with E-state index in [0.717, 1.165) is 6.42 Å². The van der Waals surface area contributed by atoms with E-state index in [0.29, 0.717) is 6.61 Å². The van der Waals surface area contributed by atoms with Gasteiger partial charge < -0.3 is 15.8 Å². The van der Waals surface area contributed by atoms with Gasteiger partial charge in [-0.05, 0) is 13.3 Å². The first-order valence-electron chi connectivity index (χ1n) is 5.23. The molecule has 0 radical (unpaired) electrons. The maximum absolute atomic E-state index is 11.4. The predicted molar refractivity (Wildman–Crippen MR) is 54.8 cm³/mol. The average molecular weight is 200 g/mol. The van der Waals surface area contributed by atoms with E-state index in [1.165, 1.54) is 0 Å². The van der Waals surface area contributed by atoms with E-state index >= 15 is 0 Å². The van der Waals surface area contributed by atoms with E-state index in [2.05, 4.69) is 5.32 Å². The molecular weight excluding hydrogens is 180 g/mol. The lowest BCUT2D eigenvalue weighted by atomic mass is 9.83. The van der Waals surface area contributed by atoms with E-state index in [9.17, 15) is 4.79 Å². The Morgan fingerprint density at radius 1 is 1.64 bits per heavy atom. The summed E-state index contributed by atoms with van der Waals surface area (Å²) < 4.78 is 5.45. The first-order chi connectivity index (χ1) is 6.56. The van der Waals surface area contributed by atoms with Crippen molar-refractivity contribution in [1.82, 2.24) is 5.32 Å². The minimum Gasteiger partial charge on any atom is -0.376 e. The van der Waals surface area contributed by atoms with Crippen LogP contribution in [0, 0.1) is 5.92 Å². The predicted octanol–water partition coefficient (Wildman–Crippen LogP) is 0.263. The molecule has 82 valence electrons. The second-order valence-corrected chi connectivity index (χ2v) is 4.08. The molecule has 1 fully saturated rings. The smallest absolute Gasteiger partial charge is 0.222 e. The maximum atomic E-state index is 11.4. The molecule has 0 aromatic rings. The molecule has 0 aromatic carbocycles. The summed E-state index contributed by atoms with van der Waals surface area (Å²) in [6.07, 6.45) is 0.953. The van der Waals surface area contributed by atoms with E-state index in [4.69, 9.17) is 10.5 Å². The number of ether oxygens (including phenoxy) is 1. The standard InChI is InChI=1S/C10H20N2O2/c1-4-14-8-5-7(11)9(8)12-10(13)6(2)3/h6-9H,4-5,11H2,1-3H3,(H,12,13). The van der Waals surface area contributed by atoms with Crippen molar-refractivity contribution in [3.63, 3.8) is 0 Å². The largest absolute Gasteiger partial charge is 0.376 e. The topological polar surface area (TPSA) is 64.3 Å². The van der Waals surface area contributed by atoms with Gasteiger partial charge in [0.05, 0.1) is 12.1 Å². The van der Waals surface area contributed by atoms with Crippen LogP contribution in [0.15, 0.2) is 0 Å². The molecule has 4 heteroatoms. The highest BCUT2D eigenvalue weighted by Crippen LogP contribution is 2.22. The monoisotopic (exact) mass is 200 g/mol. The highest BCUT2D eigenvalue weighted by molar-refractivity contribution is 5.78. The second kappa shape index (κ2) is 4.75. The Morgan fingerprint density at radius 2 is 2.29 bits per heavy atom. The molecule has 14 heavy (non-hydrogen) atoms. The van der Waals surface area contributed by atoms with Gasteiger partial charge >= 0.3 is 0 Å². The molecule has 1 amide bonds. The molecule has 0 heterocycles. The maximum Gasteiger partial charge on any atom is 0.222 e. The van der Waals surface area contributed by atoms with Gasteiger partial charge in [-0.1, -0.05) is 13.8 Å². The molecule has 1 rings (SSSR count). The van der Waals surface area contributed by atoms with Crippen molar-refractivity contribution in [3.8, 4) is 0 Å². The number of nitrogens with one attached hydrogen (secondary N) is 1. The lowest BCUT2D eigenvalue weighted by Crippen LogP contribution is -2.65. The van der Waals surface area contributed by atoms with Gasteiger partial charge in [-0.3, -0.25) is 4.79 Å². The molecule has 0 aliphatic heterocycles. The first kappa shape index (κ1) is 11.5. The summed E-state index contributed by atoms with van der Waals surface area (Å²) in [4.78, 5) is 11.4. The number of nitrogens with two attached hydrogens (primary N) is 1. The number of hydrogen-bond acceptors (Lipinski definition) is 3. The van der Waals surface area contributed by atoms with Gasteiger partial charge in [0.15, 0.2) is 0 Å². The Bertz CT molecular complexity index is 204. The van der Waals surface area contributed by atoms with Gasteiger partial charge in [-0.15, -0.1) is 0 Å². The molecule has 0 bridgehead atoms. The molecule has 0 spiro atoms. The van der Waals surface area contributed by atoms with Gasteiger partial charge in [0.2, 0.25) is 5.91 Å². The fraction of sp³-hybridized carbons (Fsp3) is 0.900. The van der Waals surface area contributed by atoms with Gasteiger partial charge in [-0.2, -0.15) is 0 Å². The summed E-state index contributed by atoms with van der Waals surface area (Å²) in [5.41, 5.74) is 5.80. The zero-order valence-corrected chi connectivity index (χ0v) is 9.12. The second-order valence-electron chi connectivity index (χ2n) is 4.08. The normalized spacial score (nSPS) is 31.4. The molecular formula is C10H20N2O2. The summed E-state index contributed by atoms with van der Waals surface area (Å²) in [5, 5.41) is 2.91. The summed E-state index contributed by atoms with van der Waals surface area (Å²) >= 11 is 0. The van der Waals surface area contributed by atoms with Crippen molar-refractivity contribution in [1.29, 1.82) is 0 Å². The minimum atomic E-state index is 0.00449. The molecule has 1 aliphatic carbocycles. The molecule has 3 atom stereocenters. The van der Waals surface area contributed by atoms with E-state index < -0.39 is 0 Å². The highest BCUT2D eigenvalue weighted by atomic mass is 16.5. The Hall–Kier alpha value is -0.610. The molecule has 1 saturated carbocycles. The van der Waals surface area contributed by atoms with Crippen LogP contribution in [0.25, 0.3) is 0 Å². The molecule has 0 aromatic heterocycles. The van der Waals surface area contributed by atoms with Crippen LogP contribution in [0.3, 0.4) is 0 Å². The van der Waals surface area contributed by atoms with Crippen LogP contribution in [-0.4, -0.2) is 30.7 Å². The van der Waals surface area contributed by atoms with Crippen molar-refractivity contribution in [3.05, 3.63) is 0 Å². The van der Waals surface area contributed by atoms with Crippen molar-refractivity contribution in [2.45, 2.75) is 45.4 Å². The molecule has 1 aliphatic rings. The number of rotatable bonds is 4. The summed E-state index contributed by atoms with van der Waals surface area (Å²) in [6.45, 7) is 6.36. The number of carbonyl (C=O) groups is 1. The van der Waals surface area contributed by atoms with Gasteiger partial charge in [0.25, 0.3) is 0 Å². The van der Waals surface area contributed by atoms with Gasteiger partial charge in [0, 0.05) is 18.6 Å². The molecule has 4 nitrogen and oxygen atoms in total. The zero-order chi connectivity index (χ0) is 10.7. The Morgan fingerprint density at radius 3 is 2.71 bits per heavy atom. The van der Waals surface area contributed by atoms with E-state index in [1.807, 2.05) is 20.8 Å². The van der Waals surface area contributed by atoms with Gasteiger partial charge in [-0.25, -0.2) is 0 Å². The van der Waals surface area contributed by atoms with Crippen LogP contribution in [-0.2, 0) is 9.53 Å². The summed E-state index contributed by atoms with van der Waals surface area (Å²) in [5.74, 6) is 0.0555.